The van der Waals surface area contributed by atoms with Crippen LogP contribution < -0.4 is 5.73 Å². The van der Waals surface area contributed by atoms with E-state index in [0.717, 1.165) is 12.8 Å². The van der Waals surface area contributed by atoms with Gasteiger partial charge in [0.2, 0.25) is 10.0 Å². The monoisotopic (exact) mass is 250 g/mol. The van der Waals surface area contributed by atoms with Gasteiger partial charge in [0.25, 0.3) is 0 Å². The minimum absolute atomic E-state index is 0.0559. The fourth-order valence-corrected chi connectivity index (χ4v) is 3.60. The Hall–Kier alpha value is -0.200. The van der Waals surface area contributed by atoms with Crippen LogP contribution in [0.4, 0.5) is 0 Å². The molecule has 0 bridgehead atoms. The van der Waals surface area contributed by atoms with Crippen molar-refractivity contribution < 1.29 is 8.42 Å². The lowest BCUT2D eigenvalue weighted by Crippen LogP contribution is -2.44. The molecule has 0 radical (unpaired) electrons. The van der Waals surface area contributed by atoms with Gasteiger partial charge in [-0.05, 0) is 19.3 Å². The van der Waals surface area contributed by atoms with Crippen molar-refractivity contribution in [2.45, 2.75) is 26.2 Å². The van der Waals surface area contributed by atoms with Crippen molar-refractivity contribution in [2.24, 2.45) is 11.7 Å². The summed E-state index contributed by atoms with van der Waals surface area (Å²) in [5.74, 6) is 0.275. The van der Waals surface area contributed by atoms with Gasteiger partial charge in [-0.25, -0.2) is 12.7 Å². The van der Waals surface area contributed by atoms with Crippen LogP contribution >= 0.6 is 12.2 Å². The van der Waals surface area contributed by atoms with Crippen LogP contribution in [0, 0.1) is 5.92 Å². The molecule has 1 aliphatic rings. The van der Waals surface area contributed by atoms with Crippen LogP contribution in [0.3, 0.4) is 0 Å². The van der Waals surface area contributed by atoms with Crippen molar-refractivity contribution in [1.82, 2.24) is 4.31 Å². The highest BCUT2D eigenvalue weighted by molar-refractivity contribution is 7.89. The SMILES string of the molecule is CCCS(=O)(=O)N1CCCC(C(N)=S)C1. The molecule has 0 spiro atoms. The highest BCUT2D eigenvalue weighted by atomic mass is 32.2. The number of hydrogen-bond acceptors (Lipinski definition) is 3. The number of rotatable bonds is 4. The lowest BCUT2D eigenvalue weighted by molar-refractivity contribution is 0.312. The molecule has 1 heterocycles. The fourth-order valence-electron chi connectivity index (χ4n) is 1.81. The van der Waals surface area contributed by atoms with E-state index in [-0.39, 0.29) is 11.7 Å². The number of hydrogen-bond donors (Lipinski definition) is 1. The molecule has 1 aliphatic heterocycles. The maximum atomic E-state index is 11.8. The zero-order chi connectivity index (χ0) is 11.5. The van der Waals surface area contributed by atoms with Crippen LogP contribution in [0.15, 0.2) is 0 Å². The maximum absolute atomic E-state index is 11.8. The van der Waals surface area contributed by atoms with Crippen molar-refractivity contribution in [3.05, 3.63) is 0 Å². The Balaban J connectivity index is 2.67. The Morgan fingerprint density at radius 2 is 2.27 bits per heavy atom. The molecule has 0 aromatic heterocycles. The van der Waals surface area contributed by atoms with Gasteiger partial charge in [-0.15, -0.1) is 0 Å². The maximum Gasteiger partial charge on any atom is 0.214 e. The number of thiocarbonyl (C=S) groups is 1. The lowest BCUT2D eigenvalue weighted by atomic mass is 10.0. The van der Waals surface area contributed by atoms with Gasteiger partial charge in [-0.2, -0.15) is 0 Å². The number of sulfonamides is 1. The van der Waals surface area contributed by atoms with Crippen molar-refractivity contribution in [1.29, 1.82) is 0 Å². The van der Waals surface area contributed by atoms with Crippen LogP contribution in [0.1, 0.15) is 26.2 Å². The second-order valence-electron chi connectivity index (χ2n) is 3.92. The molecular formula is C9H18N2O2S2. The summed E-state index contributed by atoms with van der Waals surface area (Å²) in [5.41, 5.74) is 5.56. The van der Waals surface area contributed by atoms with Crippen molar-refractivity contribution in [3.8, 4) is 0 Å². The van der Waals surface area contributed by atoms with Crippen LogP contribution in [0.25, 0.3) is 0 Å². The second kappa shape index (κ2) is 5.23. The smallest absolute Gasteiger partial charge is 0.214 e. The molecule has 6 heteroatoms. The molecule has 0 aliphatic carbocycles. The van der Waals surface area contributed by atoms with E-state index in [0.29, 0.717) is 24.5 Å². The van der Waals surface area contributed by atoms with E-state index in [9.17, 15) is 8.42 Å². The van der Waals surface area contributed by atoms with E-state index in [1.165, 1.54) is 4.31 Å². The zero-order valence-electron chi connectivity index (χ0n) is 8.98. The number of nitrogens with two attached hydrogens (primary N) is 1. The van der Waals surface area contributed by atoms with Gasteiger partial charge in [-0.3, -0.25) is 0 Å². The van der Waals surface area contributed by atoms with Crippen LogP contribution in [0.2, 0.25) is 0 Å². The Bertz CT molecular complexity index is 327. The number of piperidine rings is 1. The van der Waals surface area contributed by atoms with Gasteiger partial charge in [0.1, 0.15) is 0 Å². The van der Waals surface area contributed by atoms with Crippen LogP contribution in [0.5, 0.6) is 0 Å². The first-order valence-electron chi connectivity index (χ1n) is 5.24. The van der Waals surface area contributed by atoms with Gasteiger partial charge in [0.05, 0.1) is 10.7 Å². The van der Waals surface area contributed by atoms with E-state index in [4.69, 9.17) is 18.0 Å². The Morgan fingerprint density at radius 1 is 1.60 bits per heavy atom. The second-order valence-corrected chi connectivity index (χ2v) is 6.48. The van der Waals surface area contributed by atoms with E-state index in [1.807, 2.05) is 6.92 Å². The predicted octanol–water partition coefficient (Wildman–Crippen LogP) is 0.724. The summed E-state index contributed by atoms with van der Waals surface area (Å²) in [6.45, 7) is 2.95. The van der Waals surface area contributed by atoms with E-state index in [1.54, 1.807) is 0 Å². The first kappa shape index (κ1) is 12.9. The largest absolute Gasteiger partial charge is 0.393 e. The van der Waals surface area contributed by atoms with E-state index < -0.39 is 10.0 Å². The van der Waals surface area contributed by atoms with Crippen LogP contribution in [-0.2, 0) is 10.0 Å². The minimum atomic E-state index is -3.08. The first-order chi connectivity index (χ1) is 6.97. The molecule has 4 nitrogen and oxygen atoms in total. The van der Waals surface area contributed by atoms with Crippen molar-refractivity contribution >= 4 is 27.2 Å². The standard InChI is InChI=1S/C9H18N2O2S2/c1-2-6-15(12,13)11-5-3-4-8(7-11)9(10)14/h8H,2-7H2,1H3,(H2,10,14). The highest BCUT2D eigenvalue weighted by Gasteiger charge is 2.29. The molecule has 1 saturated heterocycles. The van der Waals surface area contributed by atoms with E-state index in [2.05, 4.69) is 0 Å². The molecule has 0 aromatic rings. The minimum Gasteiger partial charge on any atom is -0.393 e. The number of nitrogens with zero attached hydrogens (tertiary/aromatic N) is 1. The molecule has 15 heavy (non-hydrogen) atoms. The van der Waals surface area contributed by atoms with Gasteiger partial charge >= 0.3 is 0 Å². The van der Waals surface area contributed by atoms with Crippen LogP contribution in [-0.4, -0.2) is 36.6 Å². The van der Waals surface area contributed by atoms with Gasteiger partial charge in [0.15, 0.2) is 0 Å². The average molecular weight is 250 g/mol. The molecule has 1 fully saturated rings. The highest BCUT2D eigenvalue weighted by Crippen LogP contribution is 2.19. The topological polar surface area (TPSA) is 63.4 Å². The Labute approximate surface area is 96.9 Å². The molecule has 2 N–H and O–H groups in total. The predicted molar refractivity (Wildman–Crippen MR) is 65.2 cm³/mol. The van der Waals surface area contributed by atoms with Gasteiger partial charge in [-0.1, -0.05) is 19.1 Å². The molecule has 1 unspecified atom stereocenters. The molecule has 0 amide bonds. The summed E-state index contributed by atoms with van der Waals surface area (Å²) in [4.78, 5) is 0.436. The van der Waals surface area contributed by atoms with E-state index >= 15 is 0 Å². The molecule has 0 aromatic carbocycles. The third-order valence-corrected chi connectivity index (χ3v) is 5.02. The third kappa shape index (κ3) is 3.39. The lowest BCUT2D eigenvalue weighted by Gasteiger charge is -2.31. The molecular weight excluding hydrogens is 232 g/mol. The molecule has 88 valence electrons. The summed E-state index contributed by atoms with van der Waals surface area (Å²) in [5, 5.41) is 0. The third-order valence-electron chi connectivity index (χ3n) is 2.64. The summed E-state index contributed by atoms with van der Waals surface area (Å²) >= 11 is 4.91. The Morgan fingerprint density at radius 3 is 2.80 bits per heavy atom. The summed E-state index contributed by atoms with van der Waals surface area (Å²) in [6.07, 6.45) is 2.41. The fraction of sp³-hybridized carbons (Fsp3) is 0.889. The van der Waals surface area contributed by atoms with Crippen molar-refractivity contribution in [3.63, 3.8) is 0 Å². The van der Waals surface area contributed by atoms with Gasteiger partial charge in [0, 0.05) is 19.0 Å². The summed E-state index contributed by atoms with van der Waals surface area (Å²) in [7, 11) is -3.08. The molecule has 0 saturated carbocycles. The average Bonchev–Trinajstić information content (AvgIpc) is 2.18. The first-order valence-corrected chi connectivity index (χ1v) is 7.26. The quantitative estimate of drug-likeness (QED) is 0.747. The Kier molecular flexibility index (Phi) is 4.48. The summed E-state index contributed by atoms with van der Waals surface area (Å²) < 4.78 is 25.1. The molecule has 1 atom stereocenters. The molecule has 1 rings (SSSR count). The van der Waals surface area contributed by atoms with Gasteiger partial charge < -0.3 is 5.73 Å². The zero-order valence-corrected chi connectivity index (χ0v) is 10.6. The van der Waals surface area contributed by atoms with Crippen molar-refractivity contribution in [2.75, 3.05) is 18.8 Å². The normalized spacial score (nSPS) is 23.9. The summed E-state index contributed by atoms with van der Waals surface area (Å²) in [6, 6.07) is 0.